The second kappa shape index (κ2) is 6.83. The van der Waals surface area contributed by atoms with Crippen LogP contribution < -0.4 is 11.1 Å². The number of carbonyl (C=O) groups excluding carboxylic acids is 1. The summed E-state index contributed by atoms with van der Waals surface area (Å²) in [6, 6.07) is -0.448. The fourth-order valence-electron chi connectivity index (χ4n) is 0.992. The summed E-state index contributed by atoms with van der Waals surface area (Å²) in [5, 5.41) is 5.30. The second-order valence-electron chi connectivity index (χ2n) is 3.74. The van der Waals surface area contributed by atoms with Gasteiger partial charge in [-0.1, -0.05) is 20.8 Å². The van der Waals surface area contributed by atoms with Gasteiger partial charge in [0.2, 0.25) is 5.91 Å². The lowest BCUT2D eigenvalue weighted by Crippen LogP contribution is -2.34. The molecule has 0 fully saturated rings. The van der Waals surface area contributed by atoms with Gasteiger partial charge in [-0.25, -0.2) is 4.98 Å². The summed E-state index contributed by atoms with van der Waals surface area (Å²) in [6.07, 6.45) is 0.633. The Morgan fingerprint density at radius 2 is 2.25 bits per heavy atom. The lowest BCUT2D eigenvalue weighted by Gasteiger charge is -2.07. The fourth-order valence-corrected chi connectivity index (χ4v) is 1.87. The zero-order valence-electron chi connectivity index (χ0n) is 9.69. The first kappa shape index (κ1) is 15.3. The van der Waals surface area contributed by atoms with Crippen molar-refractivity contribution >= 4 is 34.8 Å². The van der Waals surface area contributed by atoms with Crippen LogP contribution >= 0.6 is 23.7 Å². The molecule has 0 saturated carbocycles. The van der Waals surface area contributed by atoms with Crippen LogP contribution in [0.25, 0.3) is 0 Å². The number of thiazole rings is 1. The summed E-state index contributed by atoms with van der Waals surface area (Å²) in [5.74, 6) is 0.217. The van der Waals surface area contributed by atoms with Crippen LogP contribution in [0.2, 0.25) is 0 Å². The van der Waals surface area contributed by atoms with Crippen LogP contribution in [0, 0.1) is 0 Å². The largest absolute Gasteiger partial charge is 0.320 e. The molecule has 0 bridgehead atoms. The van der Waals surface area contributed by atoms with Crippen molar-refractivity contribution in [2.75, 3.05) is 5.32 Å². The van der Waals surface area contributed by atoms with E-state index in [-0.39, 0.29) is 18.3 Å². The molecule has 0 spiro atoms. The number of halogens is 1. The highest BCUT2D eigenvalue weighted by Gasteiger charge is 2.13. The van der Waals surface area contributed by atoms with Gasteiger partial charge in [0.05, 0.1) is 11.7 Å². The Balaban J connectivity index is 0.00000225. The third-order valence-corrected chi connectivity index (χ3v) is 2.90. The van der Waals surface area contributed by atoms with Gasteiger partial charge in [0.1, 0.15) is 0 Å². The molecular weight excluding hydrogens is 246 g/mol. The number of anilines is 1. The Kier molecular flexibility index (Phi) is 6.55. The molecule has 1 atom stereocenters. The number of nitrogens with two attached hydrogens (primary N) is 1. The van der Waals surface area contributed by atoms with Crippen molar-refractivity contribution in [3.05, 3.63) is 11.1 Å². The molecule has 1 aromatic heterocycles. The van der Waals surface area contributed by atoms with Crippen LogP contribution in [0.1, 0.15) is 38.8 Å². The molecule has 0 aromatic carbocycles. The van der Waals surface area contributed by atoms with Gasteiger partial charge in [0.15, 0.2) is 5.13 Å². The first-order valence-electron chi connectivity index (χ1n) is 5.06. The van der Waals surface area contributed by atoms with E-state index in [9.17, 15) is 4.79 Å². The average molecular weight is 264 g/mol. The Labute approximate surface area is 106 Å². The van der Waals surface area contributed by atoms with E-state index in [1.807, 2.05) is 12.3 Å². The van der Waals surface area contributed by atoms with Crippen molar-refractivity contribution in [3.63, 3.8) is 0 Å². The molecule has 1 rings (SSSR count). The number of aromatic nitrogens is 1. The van der Waals surface area contributed by atoms with E-state index < -0.39 is 6.04 Å². The Morgan fingerprint density at radius 3 is 2.69 bits per heavy atom. The smallest absolute Gasteiger partial charge is 0.243 e. The van der Waals surface area contributed by atoms with Crippen molar-refractivity contribution in [1.82, 2.24) is 4.98 Å². The van der Waals surface area contributed by atoms with Crippen LogP contribution in [-0.2, 0) is 4.79 Å². The maximum absolute atomic E-state index is 11.5. The van der Waals surface area contributed by atoms with Gasteiger partial charge in [-0.05, 0) is 12.3 Å². The van der Waals surface area contributed by atoms with E-state index in [1.54, 1.807) is 0 Å². The third kappa shape index (κ3) is 4.08. The SMILES string of the molecule is CC[C@H](N)C(=O)Nc1nc(C(C)C)cs1.Cl. The number of carbonyl (C=O) groups is 1. The average Bonchev–Trinajstić information content (AvgIpc) is 2.65. The van der Waals surface area contributed by atoms with E-state index in [2.05, 4.69) is 24.1 Å². The molecule has 0 unspecified atom stereocenters. The molecular formula is C10H18ClN3OS. The minimum atomic E-state index is -0.448. The number of hydrogen-bond acceptors (Lipinski definition) is 4. The number of hydrogen-bond donors (Lipinski definition) is 2. The van der Waals surface area contributed by atoms with E-state index in [0.717, 1.165) is 5.69 Å². The van der Waals surface area contributed by atoms with Crippen molar-refractivity contribution in [1.29, 1.82) is 0 Å². The lowest BCUT2D eigenvalue weighted by atomic mass is 10.2. The predicted octanol–water partition coefficient (Wildman–Crippen LogP) is 2.36. The van der Waals surface area contributed by atoms with Crippen LogP contribution in [-0.4, -0.2) is 16.9 Å². The third-order valence-electron chi connectivity index (χ3n) is 2.12. The van der Waals surface area contributed by atoms with Crippen molar-refractivity contribution in [2.24, 2.45) is 5.73 Å². The molecule has 4 nitrogen and oxygen atoms in total. The van der Waals surface area contributed by atoms with Gasteiger partial charge in [-0.3, -0.25) is 4.79 Å². The van der Waals surface area contributed by atoms with E-state index in [0.29, 0.717) is 17.5 Å². The van der Waals surface area contributed by atoms with E-state index >= 15 is 0 Å². The normalized spacial score (nSPS) is 12.1. The van der Waals surface area contributed by atoms with Crippen molar-refractivity contribution in [2.45, 2.75) is 39.2 Å². The van der Waals surface area contributed by atoms with Crippen LogP contribution in [0.3, 0.4) is 0 Å². The number of amides is 1. The molecule has 1 heterocycles. The van der Waals surface area contributed by atoms with E-state index in [4.69, 9.17) is 5.73 Å². The molecule has 0 aliphatic heterocycles. The summed E-state index contributed by atoms with van der Waals surface area (Å²) in [7, 11) is 0. The fraction of sp³-hybridized carbons (Fsp3) is 0.600. The van der Waals surface area contributed by atoms with Gasteiger partial charge in [0.25, 0.3) is 0 Å². The Morgan fingerprint density at radius 1 is 1.62 bits per heavy atom. The quantitative estimate of drug-likeness (QED) is 0.876. The first-order chi connectivity index (χ1) is 7.04. The monoisotopic (exact) mass is 263 g/mol. The van der Waals surface area contributed by atoms with Gasteiger partial charge in [-0.2, -0.15) is 0 Å². The number of rotatable bonds is 4. The van der Waals surface area contributed by atoms with Gasteiger partial charge < -0.3 is 11.1 Å². The van der Waals surface area contributed by atoms with Crippen molar-refractivity contribution < 1.29 is 4.79 Å². The number of nitrogens with one attached hydrogen (secondary N) is 1. The second-order valence-corrected chi connectivity index (χ2v) is 4.59. The molecule has 0 radical (unpaired) electrons. The zero-order chi connectivity index (χ0) is 11.4. The highest BCUT2D eigenvalue weighted by Crippen LogP contribution is 2.21. The van der Waals surface area contributed by atoms with E-state index in [1.165, 1.54) is 11.3 Å². The summed E-state index contributed by atoms with van der Waals surface area (Å²) in [4.78, 5) is 15.8. The zero-order valence-corrected chi connectivity index (χ0v) is 11.3. The Hall–Kier alpha value is -0.650. The van der Waals surface area contributed by atoms with Gasteiger partial charge in [0, 0.05) is 5.38 Å². The Bertz CT molecular complexity index is 341. The lowest BCUT2D eigenvalue weighted by molar-refractivity contribution is -0.117. The summed E-state index contributed by atoms with van der Waals surface area (Å²) in [6.45, 7) is 6.02. The molecule has 0 saturated heterocycles. The molecule has 16 heavy (non-hydrogen) atoms. The minimum Gasteiger partial charge on any atom is -0.320 e. The standard InChI is InChI=1S/C10H17N3OS.ClH/c1-4-7(11)9(14)13-10-12-8(5-15-10)6(2)3;/h5-7H,4,11H2,1-3H3,(H,12,13,14);1H/t7-;/m0./s1. The molecule has 1 amide bonds. The molecule has 0 aliphatic rings. The van der Waals surface area contributed by atoms with Crippen LogP contribution in [0.5, 0.6) is 0 Å². The van der Waals surface area contributed by atoms with Gasteiger partial charge in [-0.15, -0.1) is 23.7 Å². The van der Waals surface area contributed by atoms with Crippen molar-refractivity contribution in [3.8, 4) is 0 Å². The highest BCUT2D eigenvalue weighted by molar-refractivity contribution is 7.13. The molecule has 0 aliphatic carbocycles. The number of nitrogens with zero attached hydrogens (tertiary/aromatic N) is 1. The minimum absolute atomic E-state index is 0. The van der Waals surface area contributed by atoms with Crippen LogP contribution in [0.4, 0.5) is 5.13 Å². The highest BCUT2D eigenvalue weighted by atomic mass is 35.5. The maximum atomic E-state index is 11.5. The van der Waals surface area contributed by atoms with Gasteiger partial charge >= 0.3 is 0 Å². The molecule has 6 heteroatoms. The molecule has 3 N–H and O–H groups in total. The summed E-state index contributed by atoms with van der Waals surface area (Å²) >= 11 is 1.44. The topological polar surface area (TPSA) is 68.0 Å². The summed E-state index contributed by atoms with van der Waals surface area (Å²) in [5.41, 5.74) is 6.60. The predicted molar refractivity (Wildman–Crippen MR) is 70.3 cm³/mol. The van der Waals surface area contributed by atoms with Crippen LogP contribution in [0.15, 0.2) is 5.38 Å². The molecule has 1 aromatic rings. The molecule has 92 valence electrons. The first-order valence-corrected chi connectivity index (χ1v) is 5.94. The summed E-state index contributed by atoms with van der Waals surface area (Å²) < 4.78 is 0. The maximum Gasteiger partial charge on any atom is 0.243 e.